The number of hydrogen-bond donors (Lipinski definition) is 2. The van der Waals surface area contributed by atoms with Crippen LogP contribution in [0.15, 0.2) is 30.5 Å². The van der Waals surface area contributed by atoms with Crippen LogP contribution < -0.4 is 11.5 Å². The molecular formula is C13H17N3O. The summed E-state index contributed by atoms with van der Waals surface area (Å²) in [4.78, 5) is 11.4. The summed E-state index contributed by atoms with van der Waals surface area (Å²) in [6, 6.07) is 7.72. The minimum absolute atomic E-state index is 0.291. The molecule has 0 fully saturated rings. The Labute approximate surface area is 100 Å². The Balaban J connectivity index is 2.57. The van der Waals surface area contributed by atoms with Gasteiger partial charge in [-0.3, -0.25) is 4.79 Å². The highest BCUT2D eigenvalue weighted by molar-refractivity contribution is 5.85. The van der Waals surface area contributed by atoms with E-state index < -0.39 is 0 Å². The van der Waals surface area contributed by atoms with Crippen LogP contribution in [0.2, 0.25) is 0 Å². The number of carbonyl (C=O) groups excluding carboxylic acids is 1. The molecule has 0 bridgehead atoms. The Kier molecular flexibility index (Phi) is 3.15. The van der Waals surface area contributed by atoms with Crippen molar-refractivity contribution in [1.29, 1.82) is 0 Å². The van der Waals surface area contributed by atoms with Gasteiger partial charge in [0, 0.05) is 18.3 Å². The molecule has 1 aromatic heterocycles. The van der Waals surface area contributed by atoms with Crippen LogP contribution in [0, 0.1) is 0 Å². The van der Waals surface area contributed by atoms with Crippen molar-refractivity contribution in [2.75, 3.05) is 0 Å². The van der Waals surface area contributed by atoms with Crippen molar-refractivity contribution in [1.82, 2.24) is 4.57 Å². The highest BCUT2D eigenvalue weighted by Gasteiger charge is 2.16. The van der Waals surface area contributed by atoms with Crippen molar-refractivity contribution in [2.45, 2.75) is 25.9 Å². The number of primary amides is 1. The topological polar surface area (TPSA) is 74.0 Å². The lowest BCUT2D eigenvalue weighted by molar-refractivity contribution is -0.121. The van der Waals surface area contributed by atoms with Crippen molar-refractivity contribution < 1.29 is 4.79 Å². The molecule has 1 atom stereocenters. The molecule has 0 spiro atoms. The molecule has 1 unspecified atom stereocenters. The fourth-order valence-corrected chi connectivity index (χ4v) is 2.13. The second kappa shape index (κ2) is 4.59. The van der Waals surface area contributed by atoms with Crippen LogP contribution in [0.25, 0.3) is 10.9 Å². The Bertz CT molecular complexity index is 545. The van der Waals surface area contributed by atoms with Gasteiger partial charge in [0.15, 0.2) is 0 Å². The van der Waals surface area contributed by atoms with Gasteiger partial charge in [-0.15, -0.1) is 0 Å². The van der Waals surface area contributed by atoms with E-state index in [1.54, 1.807) is 0 Å². The van der Waals surface area contributed by atoms with Crippen LogP contribution in [0.1, 0.15) is 24.9 Å². The van der Waals surface area contributed by atoms with Gasteiger partial charge >= 0.3 is 0 Å². The van der Waals surface area contributed by atoms with Gasteiger partial charge in [-0.05, 0) is 29.5 Å². The molecule has 17 heavy (non-hydrogen) atoms. The average Bonchev–Trinajstić information content (AvgIpc) is 2.73. The van der Waals surface area contributed by atoms with Crippen molar-refractivity contribution in [2.24, 2.45) is 11.5 Å². The summed E-state index contributed by atoms with van der Waals surface area (Å²) in [6.45, 7) is 2.45. The van der Waals surface area contributed by atoms with Gasteiger partial charge < -0.3 is 16.0 Å². The summed E-state index contributed by atoms with van der Waals surface area (Å²) in [6.07, 6.45) is 2.59. The van der Waals surface area contributed by atoms with E-state index in [1.165, 1.54) is 0 Å². The van der Waals surface area contributed by atoms with E-state index >= 15 is 0 Å². The predicted octanol–water partition coefficient (Wildman–Crippen LogP) is 1.54. The van der Waals surface area contributed by atoms with E-state index in [2.05, 4.69) is 0 Å². The summed E-state index contributed by atoms with van der Waals surface area (Å²) in [7, 11) is 0. The lowest BCUT2D eigenvalue weighted by atomic mass is 10.1. The molecule has 2 rings (SSSR count). The normalized spacial score (nSPS) is 12.8. The number of benzene rings is 1. The van der Waals surface area contributed by atoms with Crippen molar-refractivity contribution in [3.05, 3.63) is 36.0 Å². The van der Waals surface area contributed by atoms with Crippen LogP contribution >= 0.6 is 0 Å². The molecule has 4 nitrogen and oxygen atoms in total. The molecular weight excluding hydrogens is 214 g/mol. The third kappa shape index (κ3) is 2.03. The number of amides is 1. The van der Waals surface area contributed by atoms with Gasteiger partial charge in [-0.1, -0.05) is 19.1 Å². The van der Waals surface area contributed by atoms with Gasteiger partial charge in [-0.2, -0.15) is 0 Å². The zero-order chi connectivity index (χ0) is 12.4. The highest BCUT2D eigenvalue weighted by atomic mass is 16.1. The summed E-state index contributed by atoms with van der Waals surface area (Å²) in [5.74, 6) is -0.303. The minimum Gasteiger partial charge on any atom is -0.368 e. The van der Waals surface area contributed by atoms with E-state index in [0.717, 1.165) is 16.5 Å². The van der Waals surface area contributed by atoms with Crippen LogP contribution in [-0.2, 0) is 11.3 Å². The number of carbonyl (C=O) groups is 1. The van der Waals surface area contributed by atoms with E-state index in [9.17, 15) is 4.79 Å². The quantitative estimate of drug-likeness (QED) is 0.837. The largest absolute Gasteiger partial charge is 0.368 e. The summed E-state index contributed by atoms with van der Waals surface area (Å²) >= 11 is 0. The molecule has 1 amide bonds. The maximum Gasteiger partial charge on any atom is 0.240 e. The van der Waals surface area contributed by atoms with Gasteiger partial charge in [0.2, 0.25) is 5.91 Å². The van der Waals surface area contributed by atoms with Gasteiger partial charge in [0.25, 0.3) is 0 Å². The van der Waals surface area contributed by atoms with E-state index in [4.69, 9.17) is 11.5 Å². The fourth-order valence-electron chi connectivity index (χ4n) is 2.13. The third-order valence-corrected chi connectivity index (χ3v) is 3.07. The number of aromatic nitrogens is 1. The highest BCUT2D eigenvalue weighted by Crippen LogP contribution is 2.23. The Hall–Kier alpha value is -1.81. The van der Waals surface area contributed by atoms with E-state index in [0.29, 0.717) is 13.0 Å². The summed E-state index contributed by atoms with van der Waals surface area (Å²) in [5.41, 5.74) is 13.1. The average molecular weight is 231 g/mol. The first-order valence-electron chi connectivity index (χ1n) is 5.76. The van der Waals surface area contributed by atoms with Crippen LogP contribution in [0.3, 0.4) is 0 Å². The third-order valence-electron chi connectivity index (χ3n) is 3.07. The van der Waals surface area contributed by atoms with Crippen LogP contribution in [0.4, 0.5) is 0 Å². The minimum atomic E-state index is -0.303. The summed E-state index contributed by atoms with van der Waals surface area (Å²) < 4.78 is 1.93. The molecule has 1 heterocycles. The number of hydrogen-bond acceptors (Lipinski definition) is 2. The standard InChI is InChI=1S/C13H17N3O/c1-2-11(13(15)17)16-6-5-10-4-3-9(8-14)7-12(10)16/h3-7,11H,2,8,14H2,1H3,(H2,15,17). The first kappa shape index (κ1) is 11.7. The van der Waals surface area contributed by atoms with Crippen LogP contribution in [0.5, 0.6) is 0 Å². The molecule has 90 valence electrons. The van der Waals surface area contributed by atoms with Gasteiger partial charge in [0.1, 0.15) is 6.04 Å². The van der Waals surface area contributed by atoms with E-state index in [1.807, 2.05) is 42.0 Å². The molecule has 1 aromatic carbocycles. The molecule has 4 heteroatoms. The van der Waals surface area contributed by atoms with Crippen molar-refractivity contribution in [3.63, 3.8) is 0 Å². The lowest BCUT2D eigenvalue weighted by Crippen LogP contribution is -2.25. The van der Waals surface area contributed by atoms with Crippen LogP contribution in [-0.4, -0.2) is 10.5 Å². The van der Waals surface area contributed by atoms with Gasteiger partial charge in [0.05, 0.1) is 0 Å². The molecule has 0 radical (unpaired) electrons. The fraction of sp³-hybridized carbons (Fsp3) is 0.308. The van der Waals surface area contributed by atoms with Gasteiger partial charge in [-0.25, -0.2) is 0 Å². The molecule has 0 saturated carbocycles. The maximum atomic E-state index is 11.4. The second-order valence-corrected chi connectivity index (χ2v) is 4.15. The van der Waals surface area contributed by atoms with E-state index in [-0.39, 0.29) is 11.9 Å². The molecule has 0 saturated heterocycles. The SMILES string of the molecule is CCC(C(N)=O)n1ccc2ccc(CN)cc21. The Morgan fingerprint density at radius 2 is 2.18 bits per heavy atom. The van der Waals surface area contributed by atoms with Crippen molar-refractivity contribution >= 4 is 16.8 Å². The number of rotatable bonds is 4. The predicted molar refractivity (Wildman–Crippen MR) is 68.4 cm³/mol. The summed E-state index contributed by atoms with van der Waals surface area (Å²) in [5, 5.41) is 1.10. The second-order valence-electron chi connectivity index (χ2n) is 4.15. The monoisotopic (exact) mass is 231 g/mol. The molecule has 0 aliphatic carbocycles. The maximum absolute atomic E-state index is 11.4. The Morgan fingerprint density at radius 1 is 1.41 bits per heavy atom. The first-order chi connectivity index (χ1) is 8.17. The molecule has 2 aromatic rings. The first-order valence-corrected chi connectivity index (χ1v) is 5.76. The number of fused-ring (bicyclic) bond motifs is 1. The molecule has 0 aliphatic rings. The zero-order valence-electron chi connectivity index (χ0n) is 9.89. The Morgan fingerprint density at radius 3 is 2.76 bits per heavy atom. The smallest absolute Gasteiger partial charge is 0.240 e. The zero-order valence-corrected chi connectivity index (χ0v) is 9.89. The lowest BCUT2D eigenvalue weighted by Gasteiger charge is -2.15. The number of nitrogens with zero attached hydrogens (tertiary/aromatic N) is 1. The number of nitrogens with two attached hydrogens (primary N) is 2. The van der Waals surface area contributed by atoms with Crippen molar-refractivity contribution in [3.8, 4) is 0 Å². The molecule has 4 N–H and O–H groups in total. The molecule has 0 aliphatic heterocycles.